The number of nitrogens with one attached hydrogen (secondary N) is 1. The third-order valence-electron chi connectivity index (χ3n) is 3.95. The molecule has 0 aromatic carbocycles. The Morgan fingerprint density at radius 3 is 2.65 bits per heavy atom. The summed E-state index contributed by atoms with van der Waals surface area (Å²) in [5, 5.41) is 9.86. The highest BCUT2D eigenvalue weighted by atomic mass is 16.3. The van der Waals surface area contributed by atoms with Crippen LogP contribution in [0.15, 0.2) is 0 Å². The summed E-state index contributed by atoms with van der Waals surface area (Å²) in [6.45, 7) is 9.79. The highest BCUT2D eigenvalue weighted by molar-refractivity contribution is 5.58. The molecule has 112 valence electrons. The van der Waals surface area contributed by atoms with Gasteiger partial charge in [-0.15, -0.1) is 0 Å². The van der Waals surface area contributed by atoms with Crippen molar-refractivity contribution in [1.82, 2.24) is 9.97 Å². The molecule has 4 N–H and O–H groups in total. The Labute approximate surface area is 120 Å². The predicted octanol–water partition coefficient (Wildman–Crippen LogP) is 1.40. The van der Waals surface area contributed by atoms with E-state index in [0.29, 0.717) is 5.82 Å². The van der Waals surface area contributed by atoms with Crippen molar-refractivity contribution in [2.24, 2.45) is 11.8 Å². The summed E-state index contributed by atoms with van der Waals surface area (Å²) in [4.78, 5) is 11.4. The van der Waals surface area contributed by atoms with Crippen LogP contribution in [0.5, 0.6) is 0 Å². The fourth-order valence-corrected chi connectivity index (χ4v) is 2.55. The molecule has 1 aromatic rings. The van der Waals surface area contributed by atoms with E-state index in [1.807, 2.05) is 6.92 Å². The maximum atomic E-state index is 9.86. The molecule has 6 nitrogen and oxygen atoms in total. The van der Waals surface area contributed by atoms with Gasteiger partial charge in [-0.2, -0.15) is 0 Å². The van der Waals surface area contributed by atoms with Crippen LogP contribution in [0.2, 0.25) is 0 Å². The molecule has 2 atom stereocenters. The van der Waals surface area contributed by atoms with Gasteiger partial charge in [-0.1, -0.05) is 20.8 Å². The highest BCUT2D eigenvalue weighted by Crippen LogP contribution is 2.29. The molecule has 0 radical (unpaired) electrons. The molecule has 1 aromatic heterocycles. The number of hydrazine groups is 1. The monoisotopic (exact) mass is 279 g/mol. The molecule has 2 rings (SSSR count). The van der Waals surface area contributed by atoms with Gasteiger partial charge in [0.15, 0.2) is 0 Å². The minimum Gasteiger partial charge on any atom is -0.393 e. The minimum absolute atomic E-state index is 0.218. The summed E-state index contributed by atoms with van der Waals surface area (Å²) in [5.41, 5.74) is 3.62. The lowest BCUT2D eigenvalue weighted by Crippen LogP contribution is -2.42. The molecule has 0 spiro atoms. The number of anilines is 2. The Kier molecular flexibility index (Phi) is 4.45. The summed E-state index contributed by atoms with van der Waals surface area (Å²) >= 11 is 0. The Balaban J connectivity index is 2.37. The first kappa shape index (κ1) is 15.0. The number of aliphatic hydroxyl groups excluding tert-OH is 1. The highest BCUT2D eigenvalue weighted by Gasteiger charge is 2.27. The zero-order valence-corrected chi connectivity index (χ0v) is 12.7. The molecule has 1 fully saturated rings. The first-order chi connectivity index (χ1) is 9.43. The lowest BCUT2D eigenvalue weighted by Gasteiger charge is -2.36. The number of nitrogens with two attached hydrogens (primary N) is 1. The molecule has 1 aliphatic heterocycles. The van der Waals surface area contributed by atoms with Crippen molar-refractivity contribution in [3.63, 3.8) is 0 Å². The molecule has 2 heterocycles. The molecule has 1 saturated heterocycles. The Hall–Kier alpha value is -1.40. The molecule has 0 amide bonds. The molecular weight excluding hydrogens is 254 g/mol. The maximum Gasteiger partial charge on any atom is 0.148 e. The van der Waals surface area contributed by atoms with Crippen LogP contribution >= 0.6 is 0 Å². The number of hydrogen-bond acceptors (Lipinski definition) is 6. The lowest BCUT2D eigenvalue weighted by molar-refractivity contribution is 0.0968. The van der Waals surface area contributed by atoms with Crippen molar-refractivity contribution >= 4 is 11.6 Å². The zero-order chi connectivity index (χ0) is 14.9. The standard InChI is InChI=1S/C14H25N5O/c1-8(2)12-16-13(18-15)10(4)14(17-12)19-6-5-11(20)9(3)7-19/h8-9,11,20H,5-7,15H2,1-4H3,(H,16,17,18). The third kappa shape index (κ3) is 2.86. The van der Waals surface area contributed by atoms with Gasteiger partial charge in [-0.3, -0.25) is 0 Å². The summed E-state index contributed by atoms with van der Waals surface area (Å²) in [6.07, 6.45) is 0.553. The van der Waals surface area contributed by atoms with Crippen LogP contribution < -0.4 is 16.2 Å². The summed E-state index contributed by atoms with van der Waals surface area (Å²) < 4.78 is 0. The van der Waals surface area contributed by atoms with E-state index >= 15 is 0 Å². The number of hydrogen-bond donors (Lipinski definition) is 3. The second-order valence-corrected chi connectivity index (χ2v) is 5.96. The van der Waals surface area contributed by atoms with Gasteiger partial charge >= 0.3 is 0 Å². The zero-order valence-electron chi connectivity index (χ0n) is 12.7. The normalized spacial score (nSPS) is 23.2. The predicted molar refractivity (Wildman–Crippen MR) is 80.7 cm³/mol. The number of nitrogen functional groups attached to an aromatic ring is 1. The van der Waals surface area contributed by atoms with Crippen LogP contribution in [0.25, 0.3) is 0 Å². The van der Waals surface area contributed by atoms with Gasteiger partial charge in [0.1, 0.15) is 17.5 Å². The Morgan fingerprint density at radius 1 is 1.40 bits per heavy atom. The molecule has 0 saturated carbocycles. The maximum absolute atomic E-state index is 9.86. The van der Waals surface area contributed by atoms with Gasteiger partial charge < -0.3 is 15.4 Å². The number of aromatic nitrogens is 2. The van der Waals surface area contributed by atoms with Crippen LogP contribution in [-0.2, 0) is 0 Å². The van der Waals surface area contributed by atoms with E-state index < -0.39 is 0 Å². The third-order valence-corrected chi connectivity index (χ3v) is 3.95. The molecule has 1 aliphatic rings. The van der Waals surface area contributed by atoms with E-state index in [-0.39, 0.29) is 17.9 Å². The van der Waals surface area contributed by atoms with Crippen molar-refractivity contribution in [3.05, 3.63) is 11.4 Å². The van der Waals surface area contributed by atoms with E-state index in [2.05, 4.69) is 36.1 Å². The fourth-order valence-electron chi connectivity index (χ4n) is 2.55. The van der Waals surface area contributed by atoms with Gasteiger partial charge in [-0.25, -0.2) is 15.8 Å². The smallest absolute Gasteiger partial charge is 0.148 e. The summed E-state index contributed by atoms with van der Waals surface area (Å²) in [6, 6.07) is 0. The van der Waals surface area contributed by atoms with E-state index in [1.54, 1.807) is 0 Å². The van der Waals surface area contributed by atoms with E-state index in [4.69, 9.17) is 10.8 Å². The van der Waals surface area contributed by atoms with Gasteiger partial charge in [0, 0.05) is 24.6 Å². The number of nitrogens with zero attached hydrogens (tertiary/aromatic N) is 3. The van der Waals surface area contributed by atoms with E-state index in [0.717, 1.165) is 36.7 Å². The Morgan fingerprint density at radius 2 is 2.10 bits per heavy atom. The molecule has 20 heavy (non-hydrogen) atoms. The molecular formula is C14H25N5O. The van der Waals surface area contributed by atoms with Crippen LogP contribution in [0, 0.1) is 12.8 Å². The van der Waals surface area contributed by atoms with Crippen molar-refractivity contribution in [3.8, 4) is 0 Å². The lowest BCUT2D eigenvalue weighted by atomic mass is 9.96. The van der Waals surface area contributed by atoms with Crippen molar-refractivity contribution in [1.29, 1.82) is 0 Å². The average Bonchev–Trinajstić information content (AvgIpc) is 2.42. The number of piperidine rings is 1. The second kappa shape index (κ2) is 5.93. The summed E-state index contributed by atoms with van der Waals surface area (Å²) in [5.74, 6) is 8.45. The van der Waals surface area contributed by atoms with Crippen molar-refractivity contribution < 1.29 is 5.11 Å². The first-order valence-electron chi connectivity index (χ1n) is 7.22. The average molecular weight is 279 g/mol. The topological polar surface area (TPSA) is 87.3 Å². The van der Waals surface area contributed by atoms with E-state index in [1.165, 1.54) is 0 Å². The van der Waals surface area contributed by atoms with Gasteiger partial charge in [0.25, 0.3) is 0 Å². The molecule has 0 bridgehead atoms. The van der Waals surface area contributed by atoms with Crippen LogP contribution in [0.1, 0.15) is 44.5 Å². The molecule has 6 heteroatoms. The first-order valence-corrected chi connectivity index (χ1v) is 7.22. The Bertz CT molecular complexity index is 477. The minimum atomic E-state index is -0.218. The van der Waals surface area contributed by atoms with Crippen molar-refractivity contribution in [2.75, 3.05) is 23.4 Å². The second-order valence-electron chi connectivity index (χ2n) is 5.96. The van der Waals surface area contributed by atoms with Gasteiger partial charge in [-0.05, 0) is 19.3 Å². The SMILES string of the molecule is Cc1c(NN)nc(C(C)C)nc1N1CCC(O)C(C)C1. The van der Waals surface area contributed by atoms with Crippen molar-refractivity contribution in [2.45, 2.75) is 46.1 Å². The van der Waals surface area contributed by atoms with E-state index in [9.17, 15) is 5.11 Å². The van der Waals surface area contributed by atoms with Crippen LogP contribution in [-0.4, -0.2) is 34.3 Å². The van der Waals surface area contributed by atoms with Crippen LogP contribution in [0.4, 0.5) is 11.6 Å². The number of rotatable bonds is 3. The van der Waals surface area contributed by atoms with Crippen LogP contribution in [0.3, 0.4) is 0 Å². The fraction of sp³-hybridized carbons (Fsp3) is 0.714. The largest absolute Gasteiger partial charge is 0.393 e. The summed E-state index contributed by atoms with van der Waals surface area (Å²) in [7, 11) is 0. The quantitative estimate of drug-likeness (QED) is 0.572. The molecule has 2 unspecified atom stereocenters. The molecule has 0 aliphatic carbocycles. The van der Waals surface area contributed by atoms with Gasteiger partial charge in [0.2, 0.25) is 0 Å². The van der Waals surface area contributed by atoms with Gasteiger partial charge in [0.05, 0.1) is 6.10 Å². The number of aliphatic hydroxyl groups is 1.